The third-order valence-corrected chi connectivity index (χ3v) is 0.700. The summed E-state index contributed by atoms with van der Waals surface area (Å²) in [6, 6.07) is 0. The Morgan fingerprint density at radius 2 is 2.38 bits per heavy atom. The summed E-state index contributed by atoms with van der Waals surface area (Å²) in [4.78, 5) is 3.81. The molecule has 3 N–H and O–H groups in total. The average molecular weight is 116 g/mol. The monoisotopic (exact) mass is 116 g/mol. The van der Waals surface area contributed by atoms with E-state index < -0.39 is 0 Å². The first kappa shape index (κ1) is 7.43. The second-order valence-electron chi connectivity index (χ2n) is 1.53. The van der Waals surface area contributed by atoms with Crippen LogP contribution in [-0.2, 0) is 0 Å². The summed E-state index contributed by atoms with van der Waals surface area (Å²) >= 11 is 0. The van der Waals surface area contributed by atoms with Crippen molar-refractivity contribution >= 4 is 5.84 Å². The van der Waals surface area contributed by atoms with Gasteiger partial charge in [0.15, 0.2) is 0 Å². The molecule has 8 heavy (non-hydrogen) atoms. The Morgan fingerprint density at radius 3 is 2.75 bits per heavy atom. The van der Waals surface area contributed by atoms with Crippen LogP contribution in [0.5, 0.6) is 0 Å². The maximum atomic E-state index is 8.31. The van der Waals surface area contributed by atoms with Crippen molar-refractivity contribution in [3.63, 3.8) is 0 Å². The molecular formula is C5H12N2O. The Labute approximate surface area is 49.2 Å². The predicted octanol–water partition coefficient (Wildman–Crippen LogP) is -0.254. The van der Waals surface area contributed by atoms with Gasteiger partial charge in [-0.05, 0) is 6.42 Å². The van der Waals surface area contributed by atoms with Gasteiger partial charge >= 0.3 is 0 Å². The first-order valence-electron chi connectivity index (χ1n) is 2.71. The van der Waals surface area contributed by atoms with E-state index >= 15 is 0 Å². The lowest BCUT2D eigenvalue weighted by molar-refractivity contribution is 0.355. The van der Waals surface area contributed by atoms with Crippen LogP contribution in [0.1, 0.15) is 13.3 Å². The molecule has 0 aliphatic rings. The fourth-order valence-electron chi connectivity index (χ4n) is 0.305. The number of amidine groups is 1. The number of aliphatic hydroxyl groups is 1. The molecule has 0 bridgehead atoms. The van der Waals surface area contributed by atoms with Gasteiger partial charge in [0.05, 0.1) is 0 Å². The fraction of sp³-hybridized carbons (Fsp3) is 0.800. The molecule has 0 radical (unpaired) electrons. The van der Waals surface area contributed by atoms with Gasteiger partial charge in [0.25, 0.3) is 0 Å². The number of aliphatic imine (C=N–C) groups is 1. The van der Waals surface area contributed by atoms with E-state index in [9.17, 15) is 0 Å². The van der Waals surface area contributed by atoms with Gasteiger partial charge in [-0.2, -0.15) is 0 Å². The number of hydrogen-bond donors (Lipinski definition) is 2. The molecule has 0 atom stereocenters. The Bertz CT molecular complexity index is 80.5. The summed E-state index contributed by atoms with van der Waals surface area (Å²) in [5, 5.41) is 8.31. The van der Waals surface area contributed by atoms with Gasteiger partial charge in [0.1, 0.15) is 12.4 Å². The van der Waals surface area contributed by atoms with Crippen molar-refractivity contribution < 1.29 is 5.11 Å². The molecule has 0 saturated heterocycles. The summed E-state index contributed by atoms with van der Waals surface area (Å²) < 4.78 is 0. The van der Waals surface area contributed by atoms with Gasteiger partial charge in [-0.1, -0.05) is 6.92 Å². The van der Waals surface area contributed by atoms with Crippen LogP contribution >= 0.6 is 0 Å². The van der Waals surface area contributed by atoms with Crippen molar-refractivity contribution in [2.24, 2.45) is 10.7 Å². The molecule has 0 saturated carbocycles. The number of nitrogens with two attached hydrogens (primary N) is 1. The van der Waals surface area contributed by atoms with Crippen molar-refractivity contribution in [1.29, 1.82) is 0 Å². The largest absolute Gasteiger partial charge is 0.388 e. The molecule has 0 amide bonds. The number of aliphatic hydroxyl groups excluding tert-OH is 1. The minimum absolute atomic E-state index is 0.125. The highest BCUT2D eigenvalue weighted by Crippen LogP contribution is 1.76. The Balaban J connectivity index is 3.26. The molecule has 0 aliphatic carbocycles. The van der Waals surface area contributed by atoms with Gasteiger partial charge in [-0.3, -0.25) is 4.99 Å². The molecule has 0 unspecified atom stereocenters. The molecule has 0 aliphatic heterocycles. The number of hydrogen-bond acceptors (Lipinski definition) is 2. The van der Waals surface area contributed by atoms with E-state index in [2.05, 4.69) is 4.99 Å². The van der Waals surface area contributed by atoms with Crippen molar-refractivity contribution in [3.8, 4) is 0 Å². The molecule has 48 valence electrons. The molecular weight excluding hydrogens is 104 g/mol. The minimum Gasteiger partial charge on any atom is -0.388 e. The Kier molecular flexibility index (Phi) is 4.26. The summed E-state index contributed by atoms with van der Waals surface area (Å²) in [5.74, 6) is 0.326. The highest BCUT2D eigenvalue weighted by Gasteiger charge is 1.82. The smallest absolute Gasteiger partial charge is 0.120 e. The maximum Gasteiger partial charge on any atom is 0.120 e. The summed E-state index contributed by atoms with van der Waals surface area (Å²) in [6.45, 7) is 2.60. The predicted molar refractivity (Wildman–Crippen MR) is 33.9 cm³/mol. The molecule has 3 heteroatoms. The van der Waals surface area contributed by atoms with Crippen LogP contribution in [0.4, 0.5) is 0 Å². The fourth-order valence-corrected chi connectivity index (χ4v) is 0.305. The Morgan fingerprint density at radius 1 is 1.75 bits per heavy atom. The van der Waals surface area contributed by atoms with Crippen LogP contribution in [0.15, 0.2) is 4.99 Å². The maximum absolute atomic E-state index is 8.31. The quantitative estimate of drug-likeness (QED) is 0.394. The van der Waals surface area contributed by atoms with Crippen molar-refractivity contribution in [2.45, 2.75) is 13.3 Å². The van der Waals surface area contributed by atoms with Crippen LogP contribution in [0.25, 0.3) is 0 Å². The van der Waals surface area contributed by atoms with Crippen molar-refractivity contribution in [3.05, 3.63) is 0 Å². The van der Waals surface area contributed by atoms with Crippen LogP contribution in [-0.4, -0.2) is 24.1 Å². The average Bonchev–Trinajstić information content (AvgIpc) is 1.83. The van der Waals surface area contributed by atoms with Crippen LogP contribution < -0.4 is 5.73 Å². The van der Waals surface area contributed by atoms with Crippen LogP contribution in [0, 0.1) is 0 Å². The minimum atomic E-state index is -0.125. The first-order valence-corrected chi connectivity index (χ1v) is 2.71. The molecule has 0 spiro atoms. The molecule has 3 nitrogen and oxygen atoms in total. The summed E-state index contributed by atoms with van der Waals surface area (Å²) in [5.41, 5.74) is 5.16. The third-order valence-electron chi connectivity index (χ3n) is 0.700. The third kappa shape index (κ3) is 3.61. The number of rotatable bonds is 3. The van der Waals surface area contributed by atoms with Gasteiger partial charge in [0.2, 0.25) is 0 Å². The zero-order valence-electron chi connectivity index (χ0n) is 5.09. The van der Waals surface area contributed by atoms with Crippen molar-refractivity contribution in [1.82, 2.24) is 0 Å². The molecule has 0 rings (SSSR count). The Hall–Kier alpha value is -0.570. The molecule has 0 aromatic carbocycles. The van der Waals surface area contributed by atoms with Gasteiger partial charge in [-0.25, -0.2) is 0 Å². The van der Waals surface area contributed by atoms with Gasteiger partial charge < -0.3 is 10.8 Å². The second kappa shape index (κ2) is 4.59. The van der Waals surface area contributed by atoms with Crippen molar-refractivity contribution in [2.75, 3.05) is 13.2 Å². The standard InChI is InChI=1S/C5H12N2O/c1-2-3-7-5(6)4-8/h8H,2-4H2,1H3,(H2,6,7). The van der Waals surface area contributed by atoms with E-state index in [0.29, 0.717) is 12.4 Å². The van der Waals surface area contributed by atoms with E-state index in [1.54, 1.807) is 0 Å². The van der Waals surface area contributed by atoms with E-state index in [1.165, 1.54) is 0 Å². The molecule has 0 fully saturated rings. The highest BCUT2D eigenvalue weighted by molar-refractivity contribution is 5.81. The lowest BCUT2D eigenvalue weighted by Gasteiger charge is -1.91. The number of nitrogens with zero attached hydrogens (tertiary/aromatic N) is 1. The molecule has 0 aromatic heterocycles. The second-order valence-corrected chi connectivity index (χ2v) is 1.53. The lowest BCUT2D eigenvalue weighted by Crippen LogP contribution is -2.16. The lowest BCUT2D eigenvalue weighted by atomic mass is 10.5. The van der Waals surface area contributed by atoms with Crippen LogP contribution in [0.3, 0.4) is 0 Å². The van der Waals surface area contributed by atoms with Gasteiger partial charge in [0, 0.05) is 6.54 Å². The first-order chi connectivity index (χ1) is 3.81. The molecule has 0 aromatic rings. The summed E-state index contributed by atoms with van der Waals surface area (Å²) in [7, 11) is 0. The zero-order chi connectivity index (χ0) is 6.41. The van der Waals surface area contributed by atoms with E-state index in [-0.39, 0.29) is 6.61 Å². The van der Waals surface area contributed by atoms with E-state index in [1.807, 2.05) is 6.92 Å². The SMILES string of the molecule is CCCN=C(N)CO. The van der Waals surface area contributed by atoms with E-state index in [4.69, 9.17) is 10.8 Å². The van der Waals surface area contributed by atoms with E-state index in [0.717, 1.165) is 6.42 Å². The topological polar surface area (TPSA) is 58.6 Å². The summed E-state index contributed by atoms with van der Waals surface area (Å²) in [6.07, 6.45) is 0.973. The van der Waals surface area contributed by atoms with Gasteiger partial charge in [-0.15, -0.1) is 0 Å². The normalized spacial score (nSPS) is 12.0. The zero-order valence-corrected chi connectivity index (χ0v) is 5.09. The molecule has 0 heterocycles. The van der Waals surface area contributed by atoms with Crippen LogP contribution in [0.2, 0.25) is 0 Å². The highest BCUT2D eigenvalue weighted by atomic mass is 16.3.